The van der Waals surface area contributed by atoms with E-state index in [1.165, 1.54) is 6.92 Å². The van der Waals surface area contributed by atoms with Gasteiger partial charge in [-0.3, -0.25) is 9.69 Å². The van der Waals surface area contributed by atoms with Crippen LogP contribution in [0.5, 0.6) is 0 Å². The number of nitrogens with one attached hydrogen (secondary N) is 1. The number of fused-ring (bicyclic) bond motifs is 1. The molecule has 1 saturated carbocycles. The normalized spacial score (nSPS) is 32.2. The van der Waals surface area contributed by atoms with Crippen molar-refractivity contribution in [3.8, 4) is 0 Å². The minimum atomic E-state index is -2.83. The predicted molar refractivity (Wildman–Crippen MR) is 91.1 cm³/mol. The van der Waals surface area contributed by atoms with Gasteiger partial charge in [0.2, 0.25) is 5.91 Å². The first-order valence-electron chi connectivity index (χ1n) is 8.37. The molecule has 7 nitrogen and oxygen atoms in total. The summed E-state index contributed by atoms with van der Waals surface area (Å²) in [5.74, 6) is 1.29. The fourth-order valence-electron chi connectivity index (χ4n) is 4.02. The second kappa shape index (κ2) is 5.72. The molecular weight excluding hydrogens is 344 g/mol. The molecule has 0 aromatic heterocycles. The monoisotopic (exact) mass is 364 g/mol. The smallest absolute Gasteiger partial charge is 0.414 e. The van der Waals surface area contributed by atoms with Crippen molar-refractivity contribution in [2.24, 2.45) is 11.8 Å². The van der Waals surface area contributed by atoms with E-state index in [9.17, 15) is 18.0 Å². The highest BCUT2D eigenvalue weighted by atomic mass is 32.2. The summed E-state index contributed by atoms with van der Waals surface area (Å²) in [5.41, 5.74) is 1.88. The van der Waals surface area contributed by atoms with Crippen LogP contribution in [0.3, 0.4) is 0 Å². The van der Waals surface area contributed by atoms with E-state index in [1.54, 1.807) is 4.90 Å². The summed E-state index contributed by atoms with van der Waals surface area (Å²) in [4.78, 5) is 24.5. The Bertz CT molecular complexity index is 802. The topological polar surface area (TPSA) is 92.8 Å². The maximum absolute atomic E-state index is 12.0. The number of hydrogen-bond acceptors (Lipinski definition) is 5. The summed E-state index contributed by atoms with van der Waals surface area (Å²) in [5, 5.41) is 2.65. The SMILES string of the molecule is CC(=O)NC[C@H]1CN(c2ccc([C@H]3[C@@H]4CS(=O)(=O)C[C@@H]43)cc2)C(=O)O1. The summed E-state index contributed by atoms with van der Waals surface area (Å²) < 4.78 is 28.4. The van der Waals surface area contributed by atoms with Crippen LogP contribution >= 0.6 is 0 Å². The van der Waals surface area contributed by atoms with Crippen molar-refractivity contribution in [3.05, 3.63) is 29.8 Å². The first-order valence-corrected chi connectivity index (χ1v) is 10.2. The zero-order valence-corrected chi connectivity index (χ0v) is 14.7. The van der Waals surface area contributed by atoms with Crippen LogP contribution in [-0.4, -0.2) is 51.1 Å². The Balaban J connectivity index is 1.40. The predicted octanol–water partition coefficient (Wildman–Crippen LogP) is 0.906. The molecule has 1 aromatic rings. The Morgan fingerprint density at radius 2 is 1.88 bits per heavy atom. The molecule has 3 fully saturated rings. The van der Waals surface area contributed by atoms with E-state index < -0.39 is 15.9 Å². The highest BCUT2D eigenvalue weighted by Crippen LogP contribution is 2.59. The van der Waals surface area contributed by atoms with Crippen molar-refractivity contribution in [3.63, 3.8) is 0 Å². The second-order valence-electron chi connectivity index (χ2n) is 7.08. The summed E-state index contributed by atoms with van der Waals surface area (Å²) in [6, 6.07) is 7.69. The molecule has 4 rings (SSSR count). The van der Waals surface area contributed by atoms with Crippen LogP contribution < -0.4 is 10.2 Å². The summed E-state index contributed by atoms with van der Waals surface area (Å²) in [6.45, 7) is 2.12. The van der Waals surface area contributed by atoms with Gasteiger partial charge in [-0.05, 0) is 35.4 Å². The van der Waals surface area contributed by atoms with Crippen LogP contribution in [0.4, 0.5) is 10.5 Å². The lowest BCUT2D eigenvalue weighted by molar-refractivity contribution is -0.119. The number of amides is 2. The first-order chi connectivity index (χ1) is 11.8. The number of benzene rings is 1. The molecule has 2 heterocycles. The van der Waals surface area contributed by atoms with Crippen molar-refractivity contribution < 1.29 is 22.7 Å². The number of rotatable bonds is 4. The molecule has 1 aromatic carbocycles. The van der Waals surface area contributed by atoms with E-state index >= 15 is 0 Å². The fraction of sp³-hybridized carbons (Fsp3) is 0.529. The number of nitrogens with zero attached hydrogens (tertiary/aromatic N) is 1. The van der Waals surface area contributed by atoms with E-state index in [2.05, 4.69) is 5.32 Å². The molecule has 2 aliphatic heterocycles. The van der Waals surface area contributed by atoms with E-state index in [1.807, 2.05) is 24.3 Å². The molecule has 4 atom stereocenters. The van der Waals surface area contributed by atoms with Gasteiger partial charge in [-0.15, -0.1) is 0 Å². The molecule has 134 valence electrons. The molecule has 25 heavy (non-hydrogen) atoms. The van der Waals surface area contributed by atoms with Crippen LogP contribution in [0.15, 0.2) is 24.3 Å². The van der Waals surface area contributed by atoms with Gasteiger partial charge in [0.05, 0.1) is 24.6 Å². The highest BCUT2D eigenvalue weighted by molar-refractivity contribution is 7.91. The summed E-state index contributed by atoms with van der Waals surface area (Å²) in [6.07, 6.45) is -0.776. The molecule has 1 aliphatic carbocycles. The number of ether oxygens (including phenoxy) is 1. The molecule has 1 N–H and O–H groups in total. The maximum atomic E-state index is 12.0. The number of sulfone groups is 1. The zero-order valence-electron chi connectivity index (χ0n) is 13.8. The lowest BCUT2D eigenvalue weighted by atomic mass is 10.1. The Kier molecular flexibility index (Phi) is 3.75. The lowest BCUT2D eigenvalue weighted by Crippen LogP contribution is -2.33. The number of carbonyl (C=O) groups is 2. The molecule has 0 unspecified atom stereocenters. The van der Waals surface area contributed by atoms with Crippen LogP contribution in [0, 0.1) is 11.8 Å². The largest absolute Gasteiger partial charge is 0.442 e. The summed E-state index contributed by atoms with van der Waals surface area (Å²) >= 11 is 0. The van der Waals surface area contributed by atoms with Crippen molar-refractivity contribution >= 4 is 27.5 Å². The summed E-state index contributed by atoms with van der Waals surface area (Å²) in [7, 11) is -2.83. The first kappa shape index (κ1) is 16.4. The molecule has 0 spiro atoms. The number of cyclic esters (lactones) is 1. The van der Waals surface area contributed by atoms with Gasteiger partial charge in [0, 0.05) is 12.6 Å². The Morgan fingerprint density at radius 1 is 1.24 bits per heavy atom. The van der Waals surface area contributed by atoms with Gasteiger partial charge in [-0.2, -0.15) is 0 Å². The quantitative estimate of drug-likeness (QED) is 0.857. The van der Waals surface area contributed by atoms with Gasteiger partial charge < -0.3 is 10.1 Å². The maximum Gasteiger partial charge on any atom is 0.414 e. The van der Waals surface area contributed by atoms with Crippen LogP contribution in [-0.2, 0) is 19.4 Å². The molecule has 2 saturated heterocycles. The van der Waals surface area contributed by atoms with Gasteiger partial charge in [0.15, 0.2) is 9.84 Å². The number of carbonyl (C=O) groups excluding carboxylic acids is 2. The third kappa shape index (κ3) is 3.10. The second-order valence-corrected chi connectivity index (χ2v) is 9.23. The highest BCUT2D eigenvalue weighted by Gasteiger charge is 2.58. The van der Waals surface area contributed by atoms with Crippen LogP contribution in [0.1, 0.15) is 18.4 Å². The van der Waals surface area contributed by atoms with Gasteiger partial charge in [0.25, 0.3) is 0 Å². The number of hydrogen-bond donors (Lipinski definition) is 1. The Morgan fingerprint density at radius 3 is 2.48 bits per heavy atom. The van der Waals surface area contributed by atoms with Crippen LogP contribution in [0.2, 0.25) is 0 Å². The average Bonchev–Trinajstić information content (AvgIpc) is 2.89. The van der Waals surface area contributed by atoms with E-state index in [4.69, 9.17) is 4.74 Å². The molecule has 0 bridgehead atoms. The van der Waals surface area contributed by atoms with E-state index in [0.29, 0.717) is 30.5 Å². The van der Waals surface area contributed by atoms with Crippen molar-refractivity contribution in [1.82, 2.24) is 5.32 Å². The third-order valence-corrected chi connectivity index (χ3v) is 7.05. The zero-order chi connectivity index (χ0) is 17.8. The van der Waals surface area contributed by atoms with Crippen LogP contribution in [0.25, 0.3) is 0 Å². The van der Waals surface area contributed by atoms with E-state index in [0.717, 1.165) is 11.3 Å². The molecular formula is C17H20N2O5S. The minimum absolute atomic E-state index is 0.157. The number of anilines is 1. The third-order valence-electron chi connectivity index (χ3n) is 5.27. The van der Waals surface area contributed by atoms with Gasteiger partial charge in [-0.25, -0.2) is 13.2 Å². The molecule has 3 aliphatic rings. The van der Waals surface area contributed by atoms with Crippen molar-refractivity contribution in [1.29, 1.82) is 0 Å². The fourth-order valence-corrected chi connectivity index (χ4v) is 6.24. The lowest BCUT2D eigenvalue weighted by Gasteiger charge is -2.14. The van der Waals surface area contributed by atoms with Gasteiger partial charge >= 0.3 is 6.09 Å². The molecule has 0 radical (unpaired) electrons. The molecule has 2 amide bonds. The Hall–Kier alpha value is -2.09. The van der Waals surface area contributed by atoms with E-state index in [-0.39, 0.29) is 23.8 Å². The minimum Gasteiger partial charge on any atom is -0.442 e. The van der Waals surface area contributed by atoms with Gasteiger partial charge in [0.1, 0.15) is 6.10 Å². The average molecular weight is 364 g/mol. The van der Waals surface area contributed by atoms with Crippen molar-refractivity contribution in [2.45, 2.75) is 18.9 Å². The van der Waals surface area contributed by atoms with Crippen molar-refractivity contribution in [2.75, 3.05) is 29.5 Å². The Labute approximate surface area is 146 Å². The van der Waals surface area contributed by atoms with Gasteiger partial charge in [-0.1, -0.05) is 12.1 Å². The molecule has 8 heteroatoms. The standard InChI is InChI=1S/C17H20N2O5S/c1-10(20)18-6-13-7-19(17(21)24-13)12-4-2-11(3-5-12)16-14-8-25(22,23)9-15(14)16/h2-5,13-16H,6-9H2,1H3,(H,18,20)/t13-,14-,15+,16+/m0/s1.